The van der Waals surface area contributed by atoms with Crippen molar-refractivity contribution in [3.63, 3.8) is 0 Å². The topological polar surface area (TPSA) is 135 Å². The molecule has 13 heteroatoms. The summed E-state index contributed by atoms with van der Waals surface area (Å²) >= 11 is 6.48. The van der Waals surface area contributed by atoms with Crippen LogP contribution in [-0.2, 0) is 9.53 Å². The third kappa shape index (κ3) is 9.98. The van der Waals surface area contributed by atoms with Crippen molar-refractivity contribution in [2.45, 2.75) is 91.0 Å². The Balaban J connectivity index is 1.35. The zero-order valence-electron chi connectivity index (χ0n) is 32.8. The van der Waals surface area contributed by atoms with Crippen LogP contribution < -0.4 is 15.6 Å². The number of amides is 1. The zero-order chi connectivity index (χ0) is 40.1. The smallest absolute Gasteiger partial charge is 0.360 e. The summed E-state index contributed by atoms with van der Waals surface area (Å²) < 4.78 is 16.0. The van der Waals surface area contributed by atoms with Gasteiger partial charge in [-0.2, -0.15) is 0 Å². The van der Waals surface area contributed by atoms with Crippen LogP contribution in [0.3, 0.4) is 0 Å². The van der Waals surface area contributed by atoms with Crippen molar-refractivity contribution in [2.24, 2.45) is 0 Å². The van der Waals surface area contributed by atoms with Crippen LogP contribution in [0.4, 0.5) is 5.69 Å². The van der Waals surface area contributed by atoms with E-state index in [9.17, 15) is 14.4 Å². The summed E-state index contributed by atoms with van der Waals surface area (Å²) in [4.78, 5) is 47.4. The average Bonchev–Trinajstić information content (AvgIpc) is 3.82. The normalized spacial score (nSPS) is 11.8. The molecule has 1 atom stereocenters. The maximum Gasteiger partial charge on any atom is 0.360 e. The van der Waals surface area contributed by atoms with Crippen molar-refractivity contribution in [1.29, 1.82) is 0 Å². The van der Waals surface area contributed by atoms with E-state index in [0.717, 1.165) is 24.9 Å². The quantitative estimate of drug-likeness (QED) is 0.0597. The second-order valence-electron chi connectivity index (χ2n) is 14.0. The van der Waals surface area contributed by atoms with Gasteiger partial charge in [0.2, 0.25) is 0 Å². The largest absolute Gasteiger partial charge is 0.491 e. The van der Waals surface area contributed by atoms with Crippen molar-refractivity contribution in [3.05, 3.63) is 124 Å². The van der Waals surface area contributed by atoms with Crippen LogP contribution in [0.25, 0.3) is 22.3 Å². The Morgan fingerprint density at radius 3 is 2.14 bits per heavy atom. The number of anilines is 1. The molecule has 3 aromatic carbocycles. The summed E-state index contributed by atoms with van der Waals surface area (Å²) in [7, 11) is 0. The van der Waals surface area contributed by atoms with Crippen molar-refractivity contribution in [3.8, 4) is 17.1 Å². The lowest BCUT2D eigenvalue weighted by molar-refractivity contribution is -0.118. The summed E-state index contributed by atoms with van der Waals surface area (Å²) in [5.41, 5.74) is 1.77. The highest BCUT2D eigenvalue weighted by Gasteiger charge is 2.34. The highest BCUT2D eigenvalue weighted by atomic mass is 35.5. The number of rotatable bonds is 20. The third-order valence-electron chi connectivity index (χ3n) is 9.86. The predicted octanol–water partition coefficient (Wildman–Crippen LogP) is 9.43. The predicted molar refractivity (Wildman–Crippen MR) is 223 cm³/mol. The SMILES string of the molecule is CCCCCCCCCCCCOc1ccc(Cl)cc1NC(=O)C(c1nc2cn(-c3ccccc3)cc2c(=O)n1-c1ccccc1)n1nnc(C(=O)OCC)c1C. The molecule has 0 aliphatic rings. The summed E-state index contributed by atoms with van der Waals surface area (Å²) in [6.45, 7) is 6.12. The number of nitrogens with zero attached hydrogens (tertiary/aromatic N) is 6. The first-order chi connectivity index (χ1) is 27.8. The molecule has 12 nitrogen and oxygen atoms in total. The molecule has 0 aliphatic carbocycles. The van der Waals surface area contributed by atoms with Gasteiger partial charge in [0.15, 0.2) is 17.6 Å². The number of carbonyl (C=O) groups is 2. The van der Waals surface area contributed by atoms with E-state index in [1.54, 1.807) is 68.7 Å². The minimum Gasteiger partial charge on any atom is -0.491 e. The maximum atomic E-state index is 14.9. The summed E-state index contributed by atoms with van der Waals surface area (Å²) in [6, 6.07) is 22.1. The van der Waals surface area contributed by atoms with Gasteiger partial charge in [0.05, 0.1) is 41.2 Å². The van der Waals surface area contributed by atoms with Crippen molar-refractivity contribution < 1.29 is 19.1 Å². The number of esters is 1. The lowest BCUT2D eigenvalue weighted by Crippen LogP contribution is -2.35. The molecule has 57 heavy (non-hydrogen) atoms. The van der Waals surface area contributed by atoms with Crippen molar-refractivity contribution in [2.75, 3.05) is 18.5 Å². The van der Waals surface area contributed by atoms with Gasteiger partial charge in [-0.05, 0) is 62.7 Å². The first-order valence-corrected chi connectivity index (χ1v) is 20.3. The fourth-order valence-electron chi connectivity index (χ4n) is 6.87. The monoisotopic (exact) mass is 791 g/mol. The minimum atomic E-state index is -1.41. The summed E-state index contributed by atoms with van der Waals surface area (Å²) in [5, 5.41) is 12.1. The number of hydrogen-bond acceptors (Lipinski definition) is 8. The Labute approximate surface area is 337 Å². The number of benzene rings is 3. The van der Waals surface area contributed by atoms with Gasteiger partial charge in [0.1, 0.15) is 5.75 Å². The van der Waals surface area contributed by atoms with E-state index in [1.807, 2.05) is 41.0 Å². The van der Waals surface area contributed by atoms with Crippen LogP contribution in [0.15, 0.2) is 96.1 Å². The van der Waals surface area contributed by atoms with E-state index in [2.05, 4.69) is 22.6 Å². The van der Waals surface area contributed by atoms with Crippen LogP contribution in [0, 0.1) is 6.92 Å². The van der Waals surface area contributed by atoms with E-state index in [0.29, 0.717) is 39.7 Å². The summed E-state index contributed by atoms with van der Waals surface area (Å²) in [6.07, 6.45) is 15.5. The van der Waals surface area contributed by atoms with Crippen LogP contribution >= 0.6 is 11.6 Å². The molecule has 6 aromatic rings. The molecule has 3 heterocycles. The average molecular weight is 792 g/mol. The van der Waals surface area contributed by atoms with Crippen LogP contribution in [0.1, 0.15) is 106 Å². The Hall–Kier alpha value is -5.75. The van der Waals surface area contributed by atoms with Gasteiger partial charge in [-0.3, -0.25) is 14.2 Å². The molecule has 0 fully saturated rings. The van der Waals surface area contributed by atoms with Gasteiger partial charge in [-0.15, -0.1) is 5.10 Å². The fourth-order valence-corrected chi connectivity index (χ4v) is 7.04. The molecule has 0 aliphatic heterocycles. The number of unbranched alkanes of at least 4 members (excludes halogenated alkanes) is 9. The number of fused-ring (bicyclic) bond motifs is 1. The van der Waals surface area contributed by atoms with E-state index < -0.39 is 23.5 Å². The maximum absolute atomic E-state index is 14.9. The van der Waals surface area contributed by atoms with Crippen LogP contribution in [0.2, 0.25) is 5.02 Å². The van der Waals surface area contributed by atoms with E-state index in [1.165, 1.54) is 54.2 Å². The lowest BCUT2D eigenvalue weighted by Gasteiger charge is -2.22. The molecule has 0 spiro atoms. The molecule has 6 rings (SSSR count). The molecule has 0 radical (unpaired) electrons. The van der Waals surface area contributed by atoms with Crippen LogP contribution in [-0.4, -0.2) is 54.2 Å². The number of aromatic nitrogens is 6. The second kappa shape index (κ2) is 19.9. The number of ether oxygens (including phenoxy) is 2. The molecule has 0 bridgehead atoms. The van der Waals surface area contributed by atoms with E-state index in [4.69, 9.17) is 26.1 Å². The molecule has 1 amide bonds. The number of para-hydroxylation sites is 2. The van der Waals surface area contributed by atoms with Gasteiger partial charge in [-0.1, -0.05) is 118 Å². The molecule has 298 valence electrons. The number of hydrogen-bond donors (Lipinski definition) is 1. The van der Waals surface area contributed by atoms with Gasteiger partial charge in [-0.25, -0.2) is 14.5 Å². The standard InChI is InChI=1S/C44H50ClN7O5/c1-4-6-7-8-9-10-11-12-13-20-27-57-38-26-25-32(45)28-36(38)47-42(53)40(52-31(3)39(48-49-52)44(55)56-5-2)41-46-37-30-50(33-21-16-14-17-22-33)29-35(37)43(54)51(41)34-23-18-15-19-24-34/h14-19,21-26,28-30,40H,4-13,20,27H2,1-3H3,(H,47,53). The van der Waals surface area contributed by atoms with E-state index in [-0.39, 0.29) is 23.8 Å². The van der Waals surface area contributed by atoms with Crippen molar-refractivity contribution in [1.82, 2.24) is 29.1 Å². The fraction of sp³-hybridized carbons (Fsp3) is 0.364. The van der Waals surface area contributed by atoms with Gasteiger partial charge in [0, 0.05) is 23.1 Å². The first kappa shape index (κ1) is 40.9. The molecular formula is C44H50ClN7O5. The van der Waals surface area contributed by atoms with Crippen LogP contribution in [0.5, 0.6) is 5.75 Å². The number of carbonyl (C=O) groups excluding carboxylic acids is 2. The number of nitrogens with one attached hydrogen (secondary N) is 1. The zero-order valence-corrected chi connectivity index (χ0v) is 33.6. The minimum absolute atomic E-state index is 0.0419. The highest BCUT2D eigenvalue weighted by molar-refractivity contribution is 6.31. The molecular weight excluding hydrogens is 742 g/mol. The highest BCUT2D eigenvalue weighted by Crippen LogP contribution is 2.31. The molecule has 1 unspecified atom stereocenters. The molecule has 1 N–H and O–H groups in total. The van der Waals surface area contributed by atoms with E-state index >= 15 is 0 Å². The molecule has 3 aromatic heterocycles. The van der Waals surface area contributed by atoms with Gasteiger partial charge < -0.3 is 19.4 Å². The lowest BCUT2D eigenvalue weighted by atomic mass is 10.1. The Bertz CT molecular complexity index is 2320. The van der Waals surface area contributed by atoms with Gasteiger partial charge >= 0.3 is 5.97 Å². The Morgan fingerprint density at radius 2 is 1.47 bits per heavy atom. The summed E-state index contributed by atoms with van der Waals surface area (Å²) in [5.74, 6) is -0.835. The number of halogens is 1. The molecule has 0 saturated carbocycles. The van der Waals surface area contributed by atoms with Gasteiger partial charge in [0.25, 0.3) is 11.5 Å². The second-order valence-corrected chi connectivity index (χ2v) is 14.4. The first-order valence-electron chi connectivity index (χ1n) is 19.9. The Morgan fingerprint density at radius 1 is 0.825 bits per heavy atom. The van der Waals surface area contributed by atoms with Crippen molar-refractivity contribution >= 4 is 40.1 Å². The molecule has 0 saturated heterocycles. The third-order valence-corrected chi connectivity index (χ3v) is 10.1. The Kier molecular flexibility index (Phi) is 14.3.